The van der Waals surface area contributed by atoms with Crippen molar-refractivity contribution in [3.8, 4) is 55.6 Å². The quantitative estimate of drug-likeness (QED) is 0.148. The fraction of sp³-hybridized carbons (Fsp3) is 0.0164. The molecule has 0 radical (unpaired) electrons. The minimum Gasteiger partial charge on any atom is -0.0622 e. The zero-order valence-electron chi connectivity index (χ0n) is 33.6. The lowest BCUT2D eigenvalue weighted by Gasteiger charge is -2.34. The van der Waals surface area contributed by atoms with Gasteiger partial charge in [-0.1, -0.05) is 231 Å². The van der Waals surface area contributed by atoms with Gasteiger partial charge in [-0.2, -0.15) is 0 Å². The molecule has 0 saturated carbocycles. The number of hydrogen-bond donors (Lipinski definition) is 0. The Morgan fingerprint density at radius 2 is 0.639 bits per heavy atom. The Morgan fingerprint density at radius 3 is 1.28 bits per heavy atom. The molecule has 0 bridgehead atoms. The highest BCUT2D eigenvalue weighted by atomic mass is 14.5. The Balaban J connectivity index is 1.13. The van der Waals surface area contributed by atoms with Crippen LogP contribution in [0.5, 0.6) is 0 Å². The van der Waals surface area contributed by atoms with Crippen LogP contribution in [0.4, 0.5) is 0 Å². The average molecular weight is 773 g/mol. The number of rotatable bonds is 6. The molecule has 0 nitrogen and oxygen atoms in total. The highest BCUT2D eigenvalue weighted by molar-refractivity contribution is 6.22. The van der Waals surface area contributed by atoms with Crippen molar-refractivity contribution in [3.05, 3.63) is 265 Å². The van der Waals surface area contributed by atoms with Gasteiger partial charge < -0.3 is 0 Å². The second-order valence-electron chi connectivity index (χ2n) is 16.3. The fourth-order valence-electron chi connectivity index (χ4n) is 10.6. The Morgan fingerprint density at radius 1 is 0.230 bits per heavy atom. The maximum Gasteiger partial charge on any atom is 0.0713 e. The van der Waals surface area contributed by atoms with Crippen molar-refractivity contribution in [2.75, 3.05) is 0 Å². The third-order valence-electron chi connectivity index (χ3n) is 13.1. The summed E-state index contributed by atoms with van der Waals surface area (Å²) in [5.74, 6) is 0. The van der Waals surface area contributed by atoms with Gasteiger partial charge in [-0.05, 0) is 122 Å². The molecule has 0 unspecified atom stereocenters. The van der Waals surface area contributed by atoms with Crippen molar-refractivity contribution in [2.45, 2.75) is 5.41 Å². The van der Waals surface area contributed by atoms with Crippen molar-refractivity contribution in [2.24, 2.45) is 0 Å². The van der Waals surface area contributed by atoms with E-state index in [0.717, 1.165) is 0 Å². The lowest BCUT2D eigenvalue weighted by molar-refractivity contribution is 0.769. The van der Waals surface area contributed by atoms with E-state index >= 15 is 0 Å². The summed E-state index contributed by atoms with van der Waals surface area (Å²) in [4.78, 5) is 0. The average Bonchev–Trinajstić information content (AvgIpc) is 3.64. The summed E-state index contributed by atoms with van der Waals surface area (Å²) in [6, 6.07) is 90.0. The smallest absolute Gasteiger partial charge is 0.0622 e. The van der Waals surface area contributed by atoms with Gasteiger partial charge in [-0.25, -0.2) is 0 Å². The molecule has 0 N–H and O–H groups in total. The van der Waals surface area contributed by atoms with Crippen LogP contribution < -0.4 is 0 Å². The summed E-state index contributed by atoms with van der Waals surface area (Å²) < 4.78 is 0. The Kier molecular flexibility index (Phi) is 8.18. The molecule has 0 aliphatic heterocycles. The lowest BCUT2D eigenvalue weighted by atomic mass is 9.67. The summed E-state index contributed by atoms with van der Waals surface area (Å²) in [7, 11) is 0. The van der Waals surface area contributed by atoms with Crippen LogP contribution in [0.15, 0.2) is 243 Å². The van der Waals surface area contributed by atoms with Gasteiger partial charge in [-0.15, -0.1) is 0 Å². The van der Waals surface area contributed by atoms with E-state index < -0.39 is 5.41 Å². The van der Waals surface area contributed by atoms with Crippen LogP contribution in [-0.4, -0.2) is 0 Å². The van der Waals surface area contributed by atoms with E-state index in [1.165, 1.54) is 110 Å². The highest BCUT2D eigenvalue weighted by Crippen LogP contribution is 2.57. The molecule has 1 aliphatic carbocycles. The molecule has 1 aliphatic rings. The maximum absolute atomic E-state index is 2.50. The zero-order chi connectivity index (χ0) is 40.3. The van der Waals surface area contributed by atoms with Crippen LogP contribution in [0.3, 0.4) is 0 Å². The van der Waals surface area contributed by atoms with Crippen molar-refractivity contribution in [3.63, 3.8) is 0 Å². The number of fused-ring (bicyclic) bond motifs is 6. The molecule has 0 atom stereocenters. The molecule has 0 heterocycles. The number of benzene rings is 11. The molecule has 11 aromatic rings. The summed E-state index contributed by atoms with van der Waals surface area (Å²) in [5, 5.41) is 7.50. The van der Waals surface area contributed by atoms with Crippen LogP contribution >= 0.6 is 0 Å². The summed E-state index contributed by atoms with van der Waals surface area (Å²) in [6.07, 6.45) is 0. The van der Waals surface area contributed by atoms with Gasteiger partial charge in [0.2, 0.25) is 0 Å². The van der Waals surface area contributed by atoms with E-state index in [1.54, 1.807) is 0 Å². The van der Waals surface area contributed by atoms with Crippen molar-refractivity contribution in [1.29, 1.82) is 0 Å². The van der Waals surface area contributed by atoms with Gasteiger partial charge in [0.05, 0.1) is 5.41 Å². The second-order valence-corrected chi connectivity index (χ2v) is 16.3. The van der Waals surface area contributed by atoms with E-state index in [4.69, 9.17) is 0 Å². The Bertz CT molecular complexity index is 3370. The predicted molar refractivity (Wildman–Crippen MR) is 258 cm³/mol. The van der Waals surface area contributed by atoms with E-state index in [9.17, 15) is 0 Å². The third-order valence-corrected chi connectivity index (χ3v) is 13.1. The molecule has 0 heteroatoms. The minimum absolute atomic E-state index is 0.566. The van der Waals surface area contributed by atoms with Gasteiger partial charge in [0.25, 0.3) is 0 Å². The largest absolute Gasteiger partial charge is 0.0713 e. The molecule has 0 aromatic heterocycles. The number of hydrogen-bond acceptors (Lipinski definition) is 0. The van der Waals surface area contributed by atoms with E-state index in [1.807, 2.05) is 0 Å². The maximum atomic E-state index is 2.50. The van der Waals surface area contributed by atoms with E-state index in [2.05, 4.69) is 243 Å². The lowest BCUT2D eigenvalue weighted by Crippen LogP contribution is -2.28. The van der Waals surface area contributed by atoms with Gasteiger partial charge in [0.1, 0.15) is 0 Å². The molecule has 284 valence electrons. The first-order valence-electron chi connectivity index (χ1n) is 21.3. The van der Waals surface area contributed by atoms with Crippen LogP contribution in [-0.2, 0) is 5.41 Å². The standard InChI is InChI=1S/C61H40/c1-2-19-41(20-3-1)48-28-6-7-31-52(48)60-55-34-10-8-32-53(55)59(54-33-9-11-35-56(54)60)44-24-17-26-46(40-44)61(57-37-14-12-29-50(57)51-30-13-15-38-58(51)61)45-25-16-23-43(39-45)49-36-18-22-42-21-4-5-27-47(42)49/h1-40H. The van der Waals surface area contributed by atoms with Gasteiger partial charge in [0.15, 0.2) is 0 Å². The fourth-order valence-corrected chi connectivity index (χ4v) is 10.6. The monoisotopic (exact) mass is 772 g/mol. The van der Waals surface area contributed by atoms with Crippen molar-refractivity contribution < 1.29 is 0 Å². The van der Waals surface area contributed by atoms with Crippen molar-refractivity contribution in [1.82, 2.24) is 0 Å². The zero-order valence-corrected chi connectivity index (χ0v) is 33.6. The van der Waals surface area contributed by atoms with Gasteiger partial charge in [-0.3, -0.25) is 0 Å². The highest BCUT2D eigenvalue weighted by Gasteiger charge is 2.46. The second kappa shape index (κ2) is 14.2. The molecule has 12 rings (SSSR count). The molecule has 0 spiro atoms. The summed E-state index contributed by atoms with van der Waals surface area (Å²) in [6.45, 7) is 0. The van der Waals surface area contributed by atoms with E-state index in [-0.39, 0.29) is 0 Å². The van der Waals surface area contributed by atoms with Crippen LogP contribution in [0.25, 0.3) is 88.0 Å². The molecule has 0 saturated heterocycles. The van der Waals surface area contributed by atoms with Crippen LogP contribution in [0, 0.1) is 0 Å². The van der Waals surface area contributed by atoms with Gasteiger partial charge >= 0.3 is 0 Å². The molecule has 0 fully saturated rings. The third kappa shape index (κ3) is 5.39. The molecule has 11 aromatic carbocycles. The van der Waals surface area contributed by atoms with Gasteiger partial charge in [0, 0.05) is 0 Å². The topological polar surface area (TPSA) is 0 Å². The normalized spacial score (nSPS) is 12.7. The minimum atomic E-state index is -0.566. The predicted octanol–water partition coefficient (Wildman–Crippen LogP) is 16.2. The van der Waals surface area contributed by atoms with Crippen LogP contribution in [0.2, 0.25) is 0 Å². The first kappa shape index (κ1) is 35.2. The van der Waals surface area contributed by atoms with E-state index in [0.29, 0.717) is 0 Å². The first-order valence-corrected chi connectivity index (χ1v) is 21.3. The Labute approximate surface area is 356 Å². The SMILES string of the molecule is c1ccc(-c2ccccc2-c2c3ccccc3c(-c3cccc(C4(c5cccc(-c6cccc7ccccc67)c5)c5ccccc5-c5ccccc54)c3)c3ccccc23)cc1. The Hall–Kier alpha value is -7.80. The summed E-state index contributed by atoms with van der Waals surface area (Å²) in [5.41, 5.74) is 17.0. The summed E-state index contributed by atoms with van der Waals surface area (Å²) >= 11 is 0. The van der Waals surface area contributed by atoms with Crippen molar-refractivity contribution >= 4 is 32.3 Å². The first-order chi connectivity index (χ1) is 30.3. The van der Waals surface area contributed by atoms with Crippen LogP contribution in [0.1, 0.15) is 22.3 Å². The molecule has 0 amide bonds. The molecule has 61 heavy (non-hydrogen) atoms. The molecular formula is C61H40. The molecular weight excluding hydrogens is 733 g/mol.